The minimum atomic E-state index is -0.697. The highest BCUT2D eigenvalue weighted by Gasteiger charge is 2.24. The van der Waals surface area contributed by atoms with Crippen LogP contribution in [0.15, 0.2) is 84.4 Å². The van der Waals surface area contributed by atoms with E-state index in [9.17, 15) is 4.39 Å². The van der Waals surface area contributed by atoms with E-state index < -0.39 is 11.6 Å². The third-order valence-electron chi connectivity index (χ3n) is 5.74. The molecule has 0 spiro atoms. The minimum Gasteiger partial charge on any atom is -0.495 e. The van der Waals surface area contributed by atoms with Crippen molar-refractivity contribution in [1.82, 2.24) is 4.98 Å². The van der Waals surface area contributed by atoms with Gasteiger partial charge in [-0.05, 0) is 41.1 Å². The molecule has 3 aromatic rings. The summed E-state index contributed by atoms with van der Waals surface area (Å²) in [4.78, 5) is 4.22. The molecule has 1 aliphatic rings. The quantitative estimate of drug-likeness (QED) is 0.261. The molecular formula is C28H26F2N3OP. The SMILES string of the molecule is CCC1C=NN(c2c(F)ccc(/C=C/C=C(/P)c3ccccc3)c2F)C=C1c1cncc(OC)c1. The van der Waals surface area contributed by atoms with E-state index in [0.29, 0.717) is 5.75 Å². The van der Waals surface area contributed by atoms with Gasteiger partial charge < -0.3 is 4.74 Å². The van der Waals surface area contributed by atoms with Gasteiger partial charge in [0.2, 0.25) is 0 Å². The Labute approximate surface area is 206 Å². The van der Waals surface area contributed by atoms with Crippen LogP contribution < -0.4 is 9.75 Å². The van der Waals surface area contributed by atoms with Crippen LogP contribution in [0.3, 0.4) is 0 Å². The molecule has 2 heterocycles. The van der Waals surface area contributed by atoms with E-state index in [1.165, 1.54) is 17.1 Å². The van der Waals surface area contributed by atoms with Crippen molar-refractivity contribution in [3.63, 3.8) is 0 Å². The average molecular weight is 490 g/mol. The molecule has 0 radical (unpaired) electrons. The van der Waals surface area contributed by atoms with Crippen molar-refractivity contribution in [1.29, 1.82) is 0 Å². The van der Waals surface area contributed by atoms with E-state index in [0.717, 1.165) is 28.4 Å². The summed E-state index contributed by atoms with van der Waals surface area (Å²) in [6.07, 6.45) is 12.7. The van der Waals surface area contributed by atoms with Gasteiger partial charge in [0.1, 0.15) is 11.4 Å². The van der Waals surface area contributed by atoms with Gasteiger partial charge in [-0.25, -0.2) is 13.8 Å². The third-order valence-corrected chi connectivity index (χ3v) is 6.26. The first kappa shape index (κ1) is 24.5. The first-order valence-electron chi connectivity index (χ1n) is 11.2. The fourth-order valence-electron chi connectivity index (χ4n) is 3.80. The van der Waals surface area contributed by atoms with Gasteiger partial charge in [-0.2, -0.15) is 5.10 Å². The number of nitrogens with zero attached hydrogens (tertiary/aromatic N) is 3. The van der Waals surface area contributed by atoms with Crippen molar-refractivity contribution in [3.8, 4) is 5.75 Å². The lowest BCUT2D eigenvalue weighted by Gasteiger charge is -2.26. The molecule has 4 nitrogen and oxygen atoms in total. The molecule has 7 heteroatoms. The Balaban J connectivity index is 1.67. The van der Waals surface area contributed by atoms with Crippen molar-refractivity contribution in [2.75, 3.05) is 12.1 Å². The van der Waals surface area contributed by atoms with Gasteiger partial charge >= 0.3 is 0 Å². The Kier molecular flexibility index (Phi) is 7.84. The Morgan fingerprint density at radius 1 is 1.14 bits per heavy atom. The van der Waals surface area contributed by atoms with E-state index in [1.807, 2.05) is 49.4 Å². The minimum absolute atomic E-state index is 0.0158. The van der Waals surface area contributed by atoms with Crippen LogP contribution in [0.1, 0.15) is 30.0 Å². The molecule has 0 saturated heterocycles. The Morgan fingerprint density at radius 3 is 2.69 bits per heavy atom. The van der Waals surface area contributed by atoms with Crippen LogP contribution in [-0.4, -0.2) is 18.3 Å². The van der Waals surface area contributed by atoms with Gasteiger partial charge in [-0.1, -0.05) is 55.5 Å². The molecular weight excluding hydrogens is 463 g/mol. The van der Waals surface area contributed by atoms with Gasteiger partial charge in [0, 0.05) is 35.7 Å². The number of methoxy groups -OCH3 is 1. The molecule has 2 atom stereocenters. The molecule has 2 aromatic carbocycles. The van der Waals surface area contributed by atoms with Gasteiger partial charge in [0.15, 0.2) is 11.6 Å². The van der Waals surface area contributed by atoms with Gasteiger partial charge in [0.05, 0.1) is 13.3 Å². The van der Waals surface area contributed by atoms with Crippen molar-refractivity contribution >= 4 is 38.1 Å². The van der Waals surface area contributed by atoms with Gasteiger partial charge in [-0.3, -0.25) is 4.98 Å². The van der Waals surface area contributed by atoms with Crippen LogP contribution in [0.4, 0.5) is 14.5 Å². The molecule has 4 rings (SSSR count). The van der Waals surface area contributed by atoms with E-state index in [-0.39, 0.29) is 17.2 Å². The maximum atomic E-state index is 15.5. The van der Waals surface area contributed by atoms with Crippen molar-refractivity contribution in [2.24, 2.45) is 11.0 Å². The Hall–Kier alpha value is -3.63. The molecule has 35 heavy (non-hydrogen) atoms. The standard InChI is InChI=1S/C28H26F2N3OP/c1-3-19-16-32-33(18-24(19)22-14-23(34-2)17-31-15-22)28-25(29)13-12-21(27(28)30)10-7-11-26(35)20-8-5-4-6-9-20/h4-19H,3,35H2,1-2H3/b10-7+,26-11+. The molecule has 1 aliphatic heterocycles. The zero-order valence-electron chi connectivity index (χ0n) is 19.5. The van der Waals surface area contributed by atoms with E-state index >= 15 is 4.39 Å². The van der Waals surface area contributed by atoms with E-state index in [1.54, 1.807) is 44.1 Å². The fraction of sp³-hybridized carbons (Fsp3) is 0.143. The number of aromatic nitrogens is 1. The summed E-state index contributed by atoms with van der Waals surface area (Å²) in [6, 6.07) is 14.4. The molecule has 0 amide bonds. The second-order valence-electron chi connectivity index (χ2n) is 7.97. The molecule has 0 bridgehead atoms. The van der Waals surface area contributed by atoms with Crippen LogP contribution in [0, 0.1) is 17.6 Å². The summed E-state index contributed by atoms with van der Waals surface area (Å²) in [5, 5.41) is 6.55. The monoisotopic (exact) mass is 489 g/mol. The van der Waals surface area contributed by atoms with Crippen LogP contribution in [0.2, 0.25) is 0 Å². The summed E-state index contributed by atoms with van der Waals surface area (Å²) in [5.74, 6) is -0.796. The largest absolute Gasteiger partial charge is 0.495 e. The summed E-state index contributed by atoms with van der Waals surface area (Å²) >= 11 is 0. The first-order chi connectivity index (χ1) is 17.0. The van der Waals surface area contributed by atoms with Crippen LogP contribution >= 0.6 is 9.24 Å². The summed E-state index contributed by atoms with van der Waals surface area (Å²) in [5.41, 5.74) is 2.73. The number of benzene rings is 2. The lowest BCUT2D eigenvalue weighted by Crippen LogP contribution is -2.21. The van der Waals surface area contributed by atoms with Crippen LogP contribution in [0.25, 0.3) is 17.0 Å². The Bertz CT molecular complexity index is 1320. The van der Waals surface area contributed by atoms with Crippen molar-refractivity contribution in [2.45, 2.75) is 13.3 Å². The van der Waals surface area contributed by atoms with Gasteiger partial charge in [0.25, 0.3) is 0 Å². The molecule has 0 saturated carbocycles. The number of allylic oxidation sites excluding steroid dienone is 3. The molecule has 178 valence electrons. The van der Waals surface area contributed by atoms with E-state index in [2.05, 4.69) is 19.3 Å². The molecule has 0 aliphatic carbocycles. The smallest absolute Gasteiger partial charge is 0.159 e. The lowest BCUT2D eigenvalue weighted by molar-refractivity contribution is 0.412. The number of hydrogen-bond acceptors (Lipinski definition) is 4. The number of hydrogen-bond donors (Lipinski definition) is 0. The topological polar surface area (TPSA) is 37.7 Å². The first-order valence-corrected chi connectivity index (χ1v) is 11.8. The number of rotatable bonds is 7. The summed E-state index contributed by atoms with van der Waals surface area (Å²) in [6.45, 7) is 2.03. The zero-order valence-corrected chi connectivity index (χ0v) is 20.7. The van der Waals surface area contributed by atoms with Gasteiger partial charge in [-0.15, -0.1) is 9.24 Å². The van der Waals surface area contributed by atoms with Crippen molar-refractivity contribution < 1.29 is 13.5 Å². The third kappa shape index (κ3) is 5.55. The number of pyridine rings is 1. The van der Waals surface area contributed by atoms with Crippen LogP contribution in [-0.2, 0) is 0 Å². The number of halogens is 2. The predicted octanol–water partition coefficient (Wildman–Crippen LogP) is 7.17. The summed E-state index contributed by atoms with van der Waals surface area (Å²) < 4.78 is 35.6. The second-order valence-corrected chi connectivity index (χ2v) is 8.59. The van der Waals surface area contributed by atoms with Crippen LogP contribution in [0.5, 0.6) is 5.75 Å². The highest BCUT2D eigenvalue weighted by molar-refractivity contribution is 7.31. The highest BCUT2D eigenvalue weighted by Crippen LogP contribution is 2.35. The number of ether oxygens (including phenoxy) is 1. The number of hydrazone groups is 1. The normalized spacial score (nSPS) is 16.0. The highest BCUT2D eigenvalue weighted by atomic mass is 31.0. The van der Waals surface area contributed by atoms with E-state index in [4.69, 9.17) is 4.74 Å². The molecule has 0 fully saturated rings. The zero-order chi connectivity index (χ0) is 24.8. The molecule has 0 N–H and O–H groups in total. The Morgan fingerprint density at radius 2 is 1.94 bits per heavy atom. The lowest BCUT2D eigenvalue weighted by atomic mass is 9.92. The maximum absolute atomic E-state index is 15.5. The second kappa shape index (κ2) is 11.2. The predicted molar refractivity (Wildman–Crippen MR) is 143 cm³/mol. The number of anilines is 1. The summed E-state index contributed by atoms with van der Waals surface area (Å²) in [7, 11) is 4.24. The maximum Gasteiger partial charge on any atom is 0.159 e. The average Bonchev–Trinajstić information content (AvgIpc) is 2.90. The van der Waals surface area contributed by atoms with Crippen molar-refractivity contribution in [3.05, 3.63) is 108 Å². The fourth-order valence-corrected chi connectivity index (χ4v) is 4.10. The molecule has 2 unspecified atom stereocenters. The molecule has 1 aromatic heterocycles.